The molecule has 0 radical (unpaired) electrons. The molecule has 0 bridgehead atoms. The zero-order valence-electron chi connectivity index (χ0n) is 14.1. The van der Waals surface area contributed by atoms with Crippen molar-refractivity contribution in [2.45, 2.75) is 20.3 Å². The number of hydrogen-bond donors (Lipinski definition) is 2. The Bertz CT molecular complexity index is 1190. The Morgan fingerprint density at radius 2 is 2.19 bits per heavy atom. The van der Waals surface area contributed by atoms with Gasteiger partial charge < -0.3 is 10.3 Å². The molecule has 9 nitrogen and oxygen atoms in total. The maximum absolute atomic E-state index is 12.3. The number of aromatic amines is 1. The zero-order chi connectivity index (χ0) is 18.3. The fourth-order valence-electron chi connectivity index (χ4n) is 2.69. The maximum atomic E-state index is 12.3. The number of aromatic nitrogens is 6. The molecule has 4 heterocycles. The quantitative estimate of drug-likeness (QED) is 0.554. The summed E-state index contributed by atoms with van der Waals surface area (Å²) in [5, 5.41) is 14.5. The number of nitrogens with one attached hydrogen (secondary N) is 2. The number of thiophene rings is 1. The molecule has 4 aromatic rings. The summed E-state index contributed by atoms with van der Waals surface area (Å²) in [5.41, 5.74) is 1.85. The predicted octanol–water partition coefficient (Wildman–Crippen LogP) is 1.01. The van der Waals surface area contributed by atoms with Crippen LogP contribution in [0.5, 0.6) is 0 Å². The fraction of sp³-hybridized carbons (Fsp3) is 0.250. The number of nitrogens with zero attached hydrogens (tertiary/aromatic N) is 5. The van der Waals surface area contributed by atoms with Gasteiger partial charge in [-0.3, -0.25) is 9.59 Å². The molecule has 4 rings (SSSR count). The van der Waals surface area contributed by atoms with Gasteiger partial charge in [-0.2, -0.15) is 4.52 Å². The lowest BCUT2D eigenvalue weighted by Crippen LogP contribution is -2.27. The molecule has 1 amide bonds. The number of amides is 1. The van der Waals surface area contributed by atoms with E-state index < -0.39 is 0 Å². The van der Waals surface area contributed by atoms with Crippen LogP contribution in [-0.2, 0) is 6.42 Å². The molecule has 0 aliphatic rings. The summed E-state index contributed by atoms with van der Waals surface area (Å²) >= 11 is 1.51. The normalized spacial score (nSPS) is 11.3. The van der Waals surface area contributed by atoms with Crippen LogP contribution in [0.4, 0.5) is 0 Å². The lowest BCUT2D eigenvalue weighted by Gasteiger charge is -2.05. The van der Waals surface area contributed by atoms with Crippen LogP contribution < -0.4 is 10.9 Å². The monoisotopic (exact) mass is 369 g/mol. The Morgan fingerprint density at radius 3 is 3.04 bits per heavy atom. The van der Waals surface area contributed by atoms with E-state index in [4.69, 9.17) is 0 Å². The van der Waals surface area contributed by atoms with E-state index in [0.29, 0.717) is 35.4 Å². The van der Waals surface area contributed by atoms with E-state index in [1.165, 1.54) is 15.9 Å². The molecular formula is C16H15N7O2S. The highest BCUT2D eigenvalue weighted by Crippen LogP contribution is 2.25. The van der Waals surface area contributed by atoms with Crippen molar-refractivity contribution in [1.29, 1.82) is 0 Å². The number of carbonyl (C=O) groups is 1. The second-order valence-electron chi connectivity index (χ2n) is 5.88. The van der Waals surface area contributed by atoms with Crippen LogP contribution in [0.1, 0.15) is 26.6 Å². The predicted molar refractivity (Wildman–Crippen MR) is 96.5 cm³/mol. The van der Waals surface area contributed by atoms with Crippen molar-refractivity contribution in [3.05, 3.63) is 50.5 Å². The number of aryl methyl sites for hydroxylation is 2. The lowest BCUT2D eigenvalue weighted by atomic mass is 10.2. The van der Waals surface area contributed by atoms with Crippen molar-refractivity contribution < 1.29 is 4.79 Å². The van der Waals surface area contributed by atoms with Crippen LogP contribution in [0.2, 0.25) is 0 Å². The SMILES string of the molecule is Cc1sc2nc(CCNC(=O)c3ccc4nnnn4c3)[nH]c(=O)c2c1C. The molecule has 0 fully saturated rings. The van der Waals surface area contributed by atoms with Gasteiger partial charge in [-0.15, -0.1) is 16.4 Å². The summed E-state index contributed by atoms with van der Waals surface area (Å²) in [6.07, 6.45) is 1.99. The average Bonchev–Trinajstić information content (AvgIpc) is 3.19. The third-order valence-corrected chi connectivity index (χ3v) is 5.29. The largest absolute Gasteiger partial charge is 0.352 e. The molecule has 4 aromatic heterocycles. The van der Waals surface area contributed by atoms with Gasteiger partial charge in [0.1, 0.15) is 10.7 Å². The zero-order valence-corrected chi connectivity index (χ0v) is 14.9. The molecule has 0 aromatic carbocycles. The van der Waals surface area contributed by atoms with Gasteiger partial charge in [-0.1, -0.05) is 0 Å². The minimum absolute atomic E-state index is 0.137. The Kier molecular flexibility index (Phi) is 3.96. The van der Waals surface area contributed by atoms with Crippen molar-refractivity contribution in [3.63, 3.8) is 0 Å². The number of pyridine rings is 1. The Labute approximate surface area is 151 Å². The van der Waals surface area contributed by atoms with Gasteiger partial charge in [0.2, 0.25) is 0 Å². The highest BCUT2D eigenvalue weighted by atomic mass is 32.1. The molecule has 10 heteroatoms. The molecular weight excluding hydrogens is 354 g/mol. The molecule has 132 valence electrons. The second kappa shape index (κ2) is 6.30. The second-order valence-corrected chi connectivity index (χ2v) is 7.08. The molecule has 2 N–H and O–H groups in total. The first-order chi connectivity index (χ1) is 12.5. The van der Waals surface area contributed by atoms with Crippen LogP contribution in [0.25, 0.3) is 15.9 Å². The average molecular weight is 369 g/mol. The van der Waals surface area contributed by atoms with Gasteiger partial charge in [-0.05, 0) is 42.0 Å². The number of carbonyl (C=O) groups excluding carboxylic acids is 1. The highest BCUT2D eigenvalue weighted by Gasteiger charge is 2.12. The van der Waals surface area contributed by atoms with Crippen molar-refractivity contribution in [3.8, 4) is 0 Å². The van der Waals surface area contributed by atoms with Crippen molar-refractivity contribution in [2.24, 2.45) is 0 Å². The smallest absolute Gasteiger partial charge is 0.259 e. The number of fused-ring (bicyclic) bond motifs is 2. The van der Waals surface area contributed by atoms with Crippen molar-refractivity contribution in [2.75, 3.05) is 6.54 Å². The van der Waals surface area contributed by atoms with Crippen LogP contribution in [-0.4, -0.2) is 42.5 Å². The van der Waals surface area contributed by atoms with Gasteiger partial charge in [0, 0.05) is 24.0 Å². The Morgan fingerprint density at radius 1 is 1.35 bits per heavy atom. The summed E-state index contributed by atoms with van der Waals surface area (Å²) in [6, 6.07) is 3.33. The first kappa shape index (κ1) is 16.3. The molecule has 0 saturated heterocycles. The number of tetrazole rings is 1. The summed E-state index contributed by atoms with van der Waals surface area (Å²) in [6.45, 7) is 4.25. The van der Waals surface area contributed by atoms with Gasteiger partial charge in [-0.25, -0.2) is 4.98 Å². The van der Waals surface area contributed by atoms with Crippen LogP contribution in [0, 0.1) is 13.8 Å². The van der Waals surface area contributed by atoms with Gasteiger partial charge in [0.05, 0.1) is 10.9 Å². The molecule has 26 heavy (non-hydrogen) atoms. The van der Waals surface area contributed by atoms with Crippen LogP contribution in [0.15, 0.2) is 23.1 Å². The van der Waals surface area contributed by atoms with E-state index in [9.17, 15) is 9.59 Å². The molecule has 0 unspecified atom stereocenters. The number of hydrogen-bond acceptors (Lipinski definition) is 7. The van der Waals surface area contributed by atoms with Crippen molar-refractivity contribution in [1.82, 2.24) is 35.3 Å². The summed E-state index contributed by atoms with van der Waals surface area (Å²) < 4.78 is 1.43. The minimum Gasteiger partial charge on any atom is -0.352 e. The maximum Gasteiger partial charge on any atom is 0.259 e. The standard InChI is InChI=1S/C16H15N7O2S/c1-8-9(2)26-16-13(8)15(25)18-11(19-16)5-6-17-14(24)10-3-4-12-20-21-22-23(12)7-10/h3-4,7H,5-6H2,1-2H3,(H,17,24)(H,18,19,25). The lowest BCUT2D eigenvalue weighted by molar-refractivity contribution is 0.0953. The van der Waals surface area contributed by atoms with Gasteiger partial charge in [0.15, 0.2) is 5.65 Å². The summed E-state index contributed by atoms with van der Waals surface area (Å²) in [4.78, 5) is 33.6. The van der Waals surface area contributed by atoms with E-state index in [1.807, 2.05) is 13.8 Å². The minimum atomic E-state index is -0.242. The van der Waals surface area contributed by atoms with Gasteiger partial charge in [0.25, 0.3) is 11.5 Å². The van der Waals surface area contributed by atoms with E-state index in [2.05, 4.69) is 30.8 Å². The van der Waals surface area contributed by atoms with Gasteiger partial charge >= 0.3 is 0 Å². The van der Waals surface area contributed by atoms with E-state index in [-0.39, 0.29) is 11.5 Å². The summed E-state index contributed by atoms with van der Waals surface area (Å²) in [7, 11) is 0. The van der Waals surface area contributed by atoms with Crippen LogP contribution >= 0.6 is 11.3 Å². The van der Waals surface area contributed by atoms with E-state index in [0.717, 1.165) is 15.3 Å². The number of H-pyrrole nitrogens is 1. The molecule has 0 aliphatic carbocycles. The Balaban J connectivity index is 1.46. The first-order valence-electron chi connectivity index (χ1n) is 7.98. The first-order valence-corrected chi connectivity index (χ1v) is 8.79. The topological polar surface area (TPSA) is 118 Å². The van der Waals surface area contributed by atoms with E-state index in [1.54, 1.807) is 18.3 Å². The van der Waals surface area contributed by atoms with Crippen molar-refractivity contribution >= 4 is 33.1 Å². The third-order valence-electron chi connectivity index (χ3n) is 4.19. The fourth-order valence-corrected chi connectivity index (χ4v) is 3.74. The molecule has 0 saturated carbocycles. The third kappa shape index (κ3) is 2.84. The van der Waals surface area contributed by atoms with Crippen LogP contribution in [0.3, 0.4) is 0 Å². The summed E-state index contributed by atoms with van der Waals surface area (Å²) in [5.74, 6) is 0.314. The molecule has 0 spiro atoms. The van der Waals surface area contributed by atoms with E-state index >= 15 is 0 Å². The molecule has 0 atom stereocenters. The number of rotatable bonds is 4. The highest BCUT2D eigenvalue weighted by molar-refractivity contribution is 7.18. The Hall–Kier alpha value is -3.14. The molecule has 0 aliphatic heterocycles.